The molecule has 1 aliphatic rings. The highest BCUT2D eigenvalue weighted by Crippen LogP contribution is 1.98. The zero-order chi connectivity index (χ0) is 9.26. The van der Waals surface area contributed by atoms with Gasteiger partial charge in [0.15, 0.2) is 0 Å². The number of hydrogen-bond acceptors (Lipinski definition) is 4. The van der Waals surface area contributed by atoms with Crippen molar-refractivity contribution in [1.82, 2.24) is 15.2 Å². The highest BCUT2D eigenvalue weighted by atomic mass is 16.2. The molecule has 0 saturated carbocycles. The first-order valence-electron chi connectivity index (χ1n) is 3.67. The first-order valence-corrected chi connectivity index (χ1v) is 3.67. The van der Waals surface area contributed by atoms with Crippen molar-refractivity contribution in [3.63, 3.8) is 0 Å². The van der Waals surface area contributed by atoms with Crippen LogP contribution in [0.3, 0.4) is 0 Å². The average Bonchev–Trinajstić information content (AvgIpc) is 2.72. The van der Waals surface area contributed by atoms with Gasteiger partial charge in [-0.1, -0.05) is 0 Å². The molecular weight excluding hydrogens is 172 g/mol. The minimum atomic E-state index is -0.372. The molecule has 0 atom stereocenters. The van der Waals surface area contributed by atoms with E-state index in [1.54, 1.807) is 6.07 Å². The van der Waals surface area contributed by atoms with Gasteiger partial charge < -0.3 is 0 Å². The molecule has 0 unspecified atom stereocenters. The molecule has 2 heterocycles. The first-order chi connectivity index (χ1) is 6.27. The second-order valence-corrected chi connectivity index (χ2v) is 2.53. The summed E-state index contributed by atoms with van der Waals surface area (Å²) in [6.07, 6.45) is 3.02. The van der Waals surface area contributed by atoms with Crippen molar-refractivity contribution < 1.29 is 9.59 Å². The number of rotatable bonds is 1. The summed E-state index contributed by atoms with van der Waals surface area (Å²) in [4.78, 5) is 22.2. The molecule has 0 fully saturated rings. The second kappa shape index (κ2) is 2.81. The number of carbonyl (C=O) groups is 2. The van der Waals surface area contributed by atoms with Crippen molar-refractivity contribution in [3.8, 4) is 0 Å². The van der Waals surface area contributed by atoms with Crippen molar-refractivity contribution in [3.05, 3.63) is 18.5 Å². The Morgan fingerprint density at radius 1 is 1.62 bits per heavy atom. The number of hydrazone groups is 1. The van der Waals surface area contributed by atoms with Gasteiger partial charge in [-0.05, 0) is 6.07 Å². The number of hydrogen-bond donors (Lipinski definition) is 1. The highest BCUT2D eigenvalue weighted by molar-refractivity contribution is 6.43. The van der Waals surface area contributed by atoms with Gasteiger partial charge in [0.2, 0.25) is 5.91 Å². The molecule has 1 aliphatic heterocycles. The van der Waals surface area contributed by atoms with E-state index in [0.717, 1.165) is 4.68 Å². The lowest BCUT2D eigenvalue weighted by Gasteiger charge is -1.95. The van der Waals surface area contributed by atoms with Crippen LogP contribution < -0.4 is 5.43 Å². The van der Waals surface area contributed by atoms with Gasteiger partial charge >= 0.3 is 0 Å². The Bertz CT molecular complexity index is 379. The molecule has 1 amide bonds. The molecule has 1 N–H and O–H groups in total. The van der Waals surface area contributed by atoms with Gasteiger partial charge in [0.25, 0.3) is 5.91 Å². The normalized spacial score (nSPS) is 15.4. The van der Waals surface area contributed by atoms with E-state index in [1.165, 1.54) is 12.4 Å². The topological polar surface area (TPSA) is 76.3 Å². The Kier molecular flexibility index (Phi) is 1.66. The zero-order valence-electron chi connectivity index (χ0n) is 6.60. The number of nitrogens with zero attached hydrogens (tertiary/aromatic N) is 3. The molecule has 0 bridgehead atoms. The fourth-order valence-corrected chi connectivity index (χ4v) is 1.01. The lowest BCUT2D eigenvalue weighted by molar-refractivity contribution is -0.119. The Labute approximate surface area is 73.2 Å². The van der Waals surface area contributed by atoms with Gasteiger partial charge in [0, 0.05) is 12.4 Å². The highest BCUT2D eigenvalue weighted by Gasteiger charge is 2.22. The summed E-state index contributed by atoms with van der Waals surface area (Å²) < 4.78 is 1.14. The van der Waals surface area contributed by atoms with E-state index >= 15 is 0 Å². The molecule has 6 heteroatoms. The minimum Gasteiger partial charge on any atom is -0.273 e. The molecule has 0 spiro atoms. The average molecular weight is 178 g/mol. The maximum absolute atomic E-state index is 11.4. The maximum atomic E-state index is 11.4. The number of carbonyl (C=O) groups excluding carboxylic acids is 2. The van der Waals surface area contributed by atoms with Crippen LogP contribution >= 0.6 is 0 Å². The second-order valence-electron chi connectivity index (χ2n) is 2.53. The molecule has 0 saturated heterocycles. The van der Waals surface area contributed by atoms with Crippen LogP contribution in [0.2, 0.25) is 0 Å². The third-order valence-corrected chi connectivity index (χ3v) is 1.60. The fraction of sp³-hybridized carbons (Fsp3) is 0.143. The minimum absolute atomic E-state index is 0.0265. The van der Waals surface area contributed by atoms with Gasteiger partial charge in [0.05, 0.1) is 6.42 Å². The maximum Gasteiger partial charge on any atom is 0.294 e. The van der Waals surface area contributed by atoms with Crippen molar-refractivity contribution in [2.45, 2.75) is 6.42 Å². The molecule has 2 rings (SSSR count). The predicted molar refractivity (Wildman–Crippen MR) is 43.0 cm³/mol. The molecule has 13 heavy (non-hydrogen) atoms. The van der Waals surface area contributed by atoms with Gasteiger partial charge in [-0.2, -0.15) is 10.2 Å². The molecule has 6 nitrogen and oxygen atoms in total. The third kappa shape index (κ3) is 1.33. The summed E-state index contributed by atoms with van der Waals surface area (Å²) in [5, 5.41) is 7.31. The zero-order valence-corrected chi connectivity index (χ0v) is 6.60. The molecule has 1 aromatic rings. The van der Waals surface area contributed by atoms with Gasteiger partial charge in [-0.25, -0.2) is 10.1 Å². The summed E-state index contributed by atoms with van der Waals surface area (Å²) in [7, 11) is 0. The lowest BCUT2D eigenvalue weighted by atomic mass is 10.2. The summed E-state index contributed by atoms with van der Waals surface area (Å²) >= 11 is 0. The lowest BCUT2D eigenvalue weighted by Crippen LogP contribution is -2.21. The number of amides is 1. The van der Waals surface area contributed by atoms with Crippen LogP contribution in [0.4, 0.5) is 0 Å². The first kappa shape index (κ1) is 7.66. The predicted octanol–water partition coefficient (Wildman–Crippen LogP) is -0.601. The monoisotopic (exact) mass is 178 g/mol. The van der Waals surface area contributed by atoms with Crippen LogP contribution in [0.25, 0.3) is 0 Å². The van der Waals surface area contributed by atoms with Gasteiger partial charge in [-0.3, -0.25) is 9.59 Å². The Balaban J connectivity index is 2.20. The van der Waals surface area contributed by atoms with Gasteiger partial charge in [0.1, 0.15) is 5.71 Å². The van der Waals surface area contributed by atoms with Crippen molar-refractivity contribution >= 4 is 17.5 Å². The smallest absolute Gasteiger partial charge is 0.273 e. The van der Waals surface area contributed by atoms with Crippen LogP contribution in [0.5, 0.6) is 0 Å². The fourth-order valence-electron chi connectivity index (χ4n) is 1.01. The molecule has 1 aromatic heterocycles. The third-order valence-electron chi connectivity index (χ3n) is 1.60. The van der Waals surface area contributed by atoms with E-state index in [0.29, 0.717) is 0 Å². The van der Waals surface area contributed by atoms with E-state index in [4.69, 9.17) is 0 Å². The standard InChI is InChI=1S/C7H6N4O2/c12-6-4-5(9-10-6)7(13)11-3-1-2-8-11/h1-3H,4H2,(H,10,12). The van der Waals surface area contributed by atoms with Crippen LogP contribution in [0, 0.1) is 0 Å². The quantitative estimate of drug-likeness (QED) is 0.623. The van der Waals surface area contributed by atoms with E-state index in [-0.39, 0.29) is 23.9 Å². The van der Waals surface area contributed by atoms with Gasteiger partial charge in [-0.15, -0.1) is 0 Å². The summed E-state index contributed by atoms with van der Waals surface area (Å²) in [5.41, 5.74) is 2.39. The van der Waals surface area contributed by atoms with Crippen LogP contribution in [-0.2, 0) is 4.79 Å². The number of aromatic nitrogens is 2. The number of nitrogens with one attached hydrogen (secondary N) is 1. The Hall–Kier alpha value is -1.98. The van der Waals surface area contributed by atoms with E-state index in [1.807, 2.05) is 0 Å². The SMILES string of the molecule is O=C1CC(C(=O)n2cccn2)=NN1. The van der Waals surface area contributed by atoms with Crippen molar-refractivity contribution in [1.29, 1.82) is 0 Å². The molecule has 0 aliphatic carbocycles. The van der Waals surface area contributed by atoms with Crippen molar-refractivity contribution in [2.75, 3.05) is 0 Å². The van der Waals surface area contributed by atoms with E-state index < -0.39 is 0 Å². The van der Waals surface area contributed by atoms with Crippen LogP contribution in [-0.4, -0.2) is 27.3 Å². The summed E-state index contributed by atoms with van der Waals surface area (Å²) in [6, 6.07) is 1.63. The van der Waals surface area contributed by atoms with Crippen LogP contribution in [0.15, 0.2) is 23.6 Å². The summed E-state index contributed by atoms with van der Waals surface area (Å²) in [6.45, 7) is 0. The largest absolute Gasteiger partial charge is 0.294 e. The molecule has 0 aromatic carbocycles. The van der Waals surface area contributed by atoms with Crippen LogP contribution in [0.1, 0.15) is 11.2 Å². The molecule has 66 valence electrons. The van der Waals surface area contributed by atoms with Crippen molar-refractivity contribution in [2.24, 2.45) is 5.10 Å². The van der Waals surface area contributed by atoms with E-state index in [9.17, 15) is 9.59 Å². The Morgan fingerprint density at radius 2 is 2.46 bits per heavy atom. The van der Waals surface area contributed by atoms with E-state index in [2.05, 4.69) is 15.6 Å². The summed E-state index contributed by atoms with van der Waals surface area (Å²) in [5.74, 6) is -0.640. The molecular formula is C7H6N4O2. The molecule has 0 radical (unpaired) electrons. The Morgan fingerprint density at radius 3 is 3.00 bits per heavy atom.